The molecule has 6 nitrogen and oxygen atoms in total. The van der Waals surface area contributed by atoms with E-state index in [1.165, 1.54) is 9.55 Å². The lowest BCUT2D eigenvalue weighted by molar-refractivity contribution is 0.318. The van der Waals surface area contributed by atoms with Gasteiger partial charge < -0.3 is 4.90 Å². The van der Waals surface area contributed by atoms with E-state index in [4.69, 9.17) is 16.6 Å². The predicted octanol–water partition coefficient (Wildman–Crippen LogP) is 4.38. The van der Waals surface area contributed by atoms with E-state index in [0.29, 0.717) is 16.4 Å². The fourth-order valence-electron chi connectivity index (χ4n) is 4.01. The van der Waals surface area contributed by atoms with Crippen molar-refractivity contribution >= 4 is 50.5 Å². The minimum absolute atomic E-state index is 0.103. The highest BCUT2D eigenvalue weighted by Crippen LogP contribution is 2.36. The number of nitrogens with zero attached hydrogens (tertiary/aromatic N) is 5. The van der Waals surface area contributed by atoms with Gasteiger partial charge in [0.2, 0.25) is 5.95 Å². The summed E-state index contributed by atoms with van der Waals surface area (Å²) in [5.74, 6) is 0.502. The van der Waals surface area contributed by atoms with Crippen LogP contribution < -0.4 is 10.5 Å². The van der Waals surface area contributed by atoms with Crippen molar-refractivity contribution in [1.82, 2.24) is 14.6 Å². The highest BCUT2D eigenvalue weighted by molar-refractivity contribution is 7.18. The Morgan fingerprint density at radius 2 is 1.93 bits per heavy atom. The average molecular weight is 426 g/mol. The van der Waals surface area contributed by atoms with Crippen LogP contribution in [0.25, 0.3) is 10.2 Å². The van der Waals surface area contributed by atoms with Gasteiger partial charge in [-0.2, -0.15) is 9.78 Å². The van der Waals surface area contributed by atoms with E-state index in [9.17, 15) is 4.79 Å². The molecular formula is C21H20ClN5OS. The summed E-state index contributed by atoms with van der Waals surface area (Å²) in [7, 11) is 2.10. The van der Waals surface area contributed by atoms with Crippen LogP contribution in [0, 0.1) is 0 Å². The molecule has 5 rings (SSSR count). The SMILES string of the molecule is CC1=CC(C)=Nn2c(nc3sc4c(c3c2=O)CCN(C)C4)N1c1ccc(Cl)cc1. The molecule has 2 aliphatic rings. The number of allylic oxidation sites excluding steroid dienone is 2. The third-order valence-corrected chi connectivity index (χ3v) is 6.70. The number of fused-ring (bicyclic) bond motifs is 4. The highest BCUT2D eigenvalue weighted by Gasteiger charge is 2.27. The Bertz CT molecular complexity index is 1250. The zero-order valence-electron chi connectivity index (χ0n) is 16.4. The maximum Gasteiger partial charge on any atom is 0.284 e. The van der Waals surface area contributed by atoms with E-state index in [-0.39, 0.29) is 5.56 Å². The second-order valence-electron chi connectivity index (χ2n) is 7.54. The van der Waals surface area contributed by atoms with Gasteiger partial charge in [-0.15, -0.1) is 11.3 Å². The number of likely N-dealkylation sites (N-methyl/N-ethyl adjacent to an activating group) is 1. The molecule has 0 radical (unpaired) electrons. The van der Waals surface area contributed by atoms with Crippen molar-refractivity contribution in [3.05, 3.63) is 61.9 Å². The monoisotopic (exact) mass is 425 g/mol. The zero-order chi connectivity index (χ0) is 20.3. The van der Waals surface area contributed by atoms with E-state index in [2.05, 4.69) is 17.0 Å². The zero-order valence-corrected chi connectivity index (χ0v) is 18.0. The molecule has 148 valence electrons. The van der Waals surface area contributed by atoms with Crippen molar-refractivity contribution in [3.63, 3.8) is 0 Å². The molecule has 2 aliphatic heterocycles. The summed E-state index contributed by atoms with van der Waals surface area (Å²) >= 11 is 7.70. The molecule has 1 aromatic carbocycles. The van der Waals surface area contributed by atoms with Crippen LogP contribution in [0.5, 0.6) is 0 Å². The molecule has 0 fully saturated rings. The van der Waals surface area contributed by atoms with E-state index < -0.39 is 0 Å². The number of hydrogen-bond acceptors (Lipinski definition) is 6. The molecule has 3 aromatic rings. The first kappa shape index (κ1) is 18.5. The second-order valence-corrected chi connectivity index (χ2v) is 9.06. The number of benzene rings is 1. The summed E-state index contributed by atoms with van der Waals surface area (Å²) < 4.78 is 1.45. The molecule has 29 heavy (non-hydrogen) atoms. The molecule has 0 unspecified atom stereocenters. The molecule has 0 spiro atoms. The Morgan fingerprint density at radius 1 is 1.17 bits per heavy atom. The molecule has 8 heteroatoms. The number of aromatic nitrogens is 2. The summed E-state index contributed by atoms with van der Waals surface area (Å²) in [6.45, 7) is 5.69. The largest absolute Gasteiger partial charge is 0.301 e. The highest BCUT2D eigenvalue weighted by atomic mass is 35.5. The van der Waals surface area contributed by atoms with Crippen LogP contribution >= 0.6 is 22.9 Å². The van der Waals surface area contributed by atoms with Crippen LogP contribution in [0.3, 0.4) is 0 Å². The first-order valence-electron chi connectivity index (χ1n) is 9.48. The Morgan fingerprint density at radius 3 is 2.69 bits per heavy atom. The standard InChI is InChI=1S/C21H20ClN5OS/c1-12-10-13(2)26(15-6-4-14(22)5-7-15)21-23-19-18(20(28)27(21)24-12)16-8-9-25(3)11-17(16)29-19/h4-7,10H,8-9,11H2,1-3H3. The van der Waals surface area contributed by atoms with E-state index in [0.717, 1.165) is 47.0 Å². The van der Waals surface area contributed by atoms with E-state index >= 15 is 0 Å². The first-order valence-corrected chi connectivity index (χ1v) is 10.7. The topological polar surface area (TPSA) is 53.7 Å². The Kier molecular flexibility index (Phi) is 4.34. The van der Waals surface area contributed by atoms with Gasteiger partial charge in [-0.05, 0) is 63.2 Å². The van der Waals surface area contributed by atoms with Gasteiger partial charge in [0.25, 0.3) is 5.56 Å². The quantitative estimate of drug-likeness (QED) is 0.580. The first-order chi connectivity index (χ1) is 13.9. The average Bonchev–Trinajstić information content (AvgIpc) is 2.97. The van der Waals surface area contributed by atoms with Gasteiger partial charge in [-0.3, -0.25) is 9.69 Å². The van der Waals surface area contributed by atoms with Crippen molar-refractivity contribution in [2.24, 2.45) is 5.10 Å². The normalized spacial score (nSPS) is 16.9. The molecule has 0 bridgehead atoms. The number of hydrogen-bond donors (Lipinski definition) is 0. The molecule has 4 heterocycles. The molecule has 0 saturated carbocycles. The maximum absolute atomic E-state index is 13.6. The molecule has 0 saturated heterocycles. The van der Waals surface area contributed by atoms with Crippen molar-refractivity contribution in [2.45, 2.75) is 26.8 Å². The minimum Gasteiger partial charge on any atom is -0.301 e. The number of rotatable bonds is 1. The molecule has 0 N–H and O–H groups in total. The van der Waals surface area contributed by atoms with Crippen LogP contribution in [0.1, 0.15) is 24.3 Å². The maximum atomic E-state index is 13.6. The fraction of sp³-hybridized carbons (Fsp3) is 0.286. The third kappa shape index (κ3) is 3.01. The second kappa shape index (κ2) is 6.79. The molecular weight excluding hydrogens is 406 g/mol. The Balaban J connectivity index is 1.80. The number of halogens is 1. The van der Waals surface area contributed by atoms with Gasteiger partial charge in [0.05, 0.1) is 11.1 Å². The van der Waals surface area contributed by atoms with Crippen molar-refractivity contribution in [1.29, 1.82) is 0 Å². The van der Waals surface area contributed by atoms with Crippen LogP contribution in [0.4, 0.5) is 11.6 Å². The van der Waals surface area contributed by atoms with Crippen molar-refractivity contribution < 1.29 is 0 Å². The lowest BCUT2D eigenvalue weighted by atomic mass is 10.1. The van der Waals surface area contributed by atoms with Gasteiger partial charge in [-0.1, -0.05) is 11.6 Å². The van der Waals surface area contributed by atoms with Gasteiger partial charge in [0.15, 0.2) is 0 Å². The fourth-order valence-corrected chi connectivity index (χ4v) is 5.42. The summed E-state index contributed by atoms with van der Waals surface area (Å²) in [6, 6.07) is 7.53. The molecule has 0 atom stereocenters. The molecule has 0 aliphatic carbocycles. The van der Waals surface area contributed by atoms with Crippen molar-refractivity contribution in [3.8, 4) is 0 Å². The number of anilines is 2. The van der Waals surface area contributed by atoms with Gasteiger partial charge in [0, 0.05) is 34.4 Å². The van der Waals surface area contributed by atoms with E-state index in [1.807, 2.05) is 49.1 Å². The van der Waals surface area contributed by atoms with Gasteiger partial charge >= 0.3 is 0 Å². The van der Waals surface area contributed by atoms with Crippen LogP contribution in [0.2, 0.25) is 5.02 Å². The summed E-state index contributed by atoms with van der Waals surface area (Å²) in [4.78, 5) is 24.7. The number of thiophene rings is 1. The predicted molar refractivity (Wildman–Crippen MR) is 120 cm³/mol. The lowest BCUT2D eigenvalue weighted by Gasteiger charge is -2.24. The Labute approximate surface area is 177 Å². The van der Waals surface area contributed by atoms with Crippen LogP contribution in [0.15, 0.2) is 45.9 Å². The lowest BCUT2D eigenvalue weighted by Crippen LogP contribution is -2.28. The minimum atomic E-state index is -0.103. The Hall–Kier alpha value is -2.48. The third-order valence-electron chi connectivity index (χ3n) is 5.34. The van der Waals surface area contributed by atoms with Gasteiger partial charge in [-0.25, -0.2) is 4.98 Å². The van der Waals surface area contributed by atoms with E-state index in [1.54, 1.807) is 11.3 Å². The smallest absolute Gasteiger partial charge is 0.284 e. The van der Waals surface area contributed by atoms with Crippen molar-refractivity contribution in [2.75, 3.05) is 18.5 Å². The van der Waals surface area contributed by atoms with Gasteiger partial charge in [0.1, 0.15) is 4.83 Å². The van der Waals surface area contributed by atoms with Crippen LogP contribution in [-0.2, 0) is 13.0 Å². The summed E-state index contributed by atoms with van der Waals surface area (Å²) in [6.07, 6.45) is 2.82. The molecule has 2 aromatic heterocycles. The summed E-state index contributed by atoms with van der Waals surface area (Å²) in [5.41, 5.74) is 3.61. The molecule has 0 amide bonds. The summed E-state index contributed by atoms with van der Waals surface area (Å²) in [5, 5.41) is 5.96. The van der Waals surface area contributed by atoms with Crippen LogP contribution in [-0.4, -0.2) is 33.9 Å².